The van der Waals surface area contributed by atoms with Crippen LogP contribution in [0.2, 0.25) is 0 Å². The van der Waals surface area contributed by atoms with E-state index >= 15 is 0 Å². The molecule has 134 valence electrons. The van der Waals surface area contributed by atoms with Crippen LogP contribution in [0.25, 0.3) is 0 Å². The summed E-state index contributed by atoms with van der Waals surface area (Å²) in [7, 11) is -3.84. The highest BCUT2D eigenvalue weighted by Crippen LogP contribution is 2.39. The number of sulfone groups is 1. The zero-order chi connectivity index (χ0) is 18.1. The van der Waals surface area contributed by atoms with Crippen LogP contribution in [0.1, 0.15) is 19.3 Å². The normalized spacial score (nSPS) is 18.8. The second kappa shape index (κ2) is 6.61. The Kier molecular flexibility index (Phi) is 4.28. The lowest BCUT2D eigenvalue weighted by Crippen LogP contribution is -2.39. The summed E-state index contributed by atoms with van der Waals surface area (Å²) in [4.78, 5) is 16.5. The molecule has 0 aliphatic carbocycles. The van der Waals surface area contributed by atoms with E-state index in [1.165, 1.54) is 6.20 Å². The predicted molar refractivity (Wildman–Crippen MR) is 101 cm³/mol. The number of likely N-dealkylation sites (tertiary alicyclic amines) is 1. The monoisotopic (exact) mass is 368 g/mol. The Bertz CT molecular complexity index is 962. The first-order valence-corrected chi connectivity index (χ1v) is 10.3. The minimum atomic E-state index is -3.84. The number of carbonyl (C=O) groups is 1. The third kappa shape index (κ3) is 2.80. The molecular formula is C20H20N2O3S. The topological polar surface area (TPSA) is 57.7 Å². The van der Waals surface area contributed by atoms with Gasteiger partial charge in [0.05, 0.1) is 10.6 Å². The second-order valence-corrected chi connectivity index (χ2v) is 8.41. The van der Waals surface area contributed by atoms with E-state index in [-0.39, 0.29) is 9.80 Å². The van der Waals surface area contributed by atoms with Crippen molar-refractivity contribution in [3.8, 4) is 0 Å². The highest BCUT2D eigenvalue weighted by Gasteiger charge is 2.37. The number of hydrogen-bond acceptors (Lipinski definition) is 4. The van der Waals surface area contributed by atoms with Crippen LogP contribution in [-0.4, -0.2) is 32.3 Å². The van der Waals surface area contributed by atoms with Gasteiger partial charge in [-0.25, -0.2) is 8.42 Å². The third-order valence-electron chi connectivity index (χ3n) is 4.84. The summed E-state index contributed by atoms with van der Waals surface area (Å²) in [6.07, 6.45) is 4.38. The maximum atomic E-state index is 13.1. The minimum Gasteiger partial charge on any atom is -0.338 e. The summed E-state index contributed by atoms with van der Waals surface area (Å²) in [6.45, 7) is 1.22. The van der Waals surface area contributed by atoms with E-state index in [0.29, 0.717) is 18.8 Å². The van der Waals surface area contributed by atoms with Crippen LogP contribution in [0.5, 0.6) is 0 Å². The molecule has 4 rings (SSSR count). The molecule has 1 saturated heterocycles. The Balaban J connectivity index is 1.85. The molecule has 0 unspecified atom stereocenters. The van der Waals surface area contributed by atoms with Gasteiger partial charge in [-0.2, -0.15) is 0 Å². The molecule has 2 aliphatic rings. The first kappa shape index (κ1) is 16.8. The first-order chi connectivity index (χ1) is 12.6. The number of benzene rings is 2. The molecule has 0 spiro atoms. The zero-order valence-electron chi connectivity index (χ0n) is 14.3. The molecule has 1 fully saturated rings. The Hall–Kier alpha value is -2.60. The van der Waals surface area contributed by atoms with E-state index in [1.807, 2.05) is 30.3 Å². The van der Waals surface area contributed by atoms with Crippen molar-refractivity contribution in [3.63, 3.8) is 0 Å². The van der Waals surface area contributed by atoms with Gasteiger partial charge in [-0.05, 0) is 43.5 Å². The van der Waals surface area contributed by atoms with Gasteiger partial charge in [0.1, 0.15) is 0 Å². The van der Waals surface area contributed by atoms with E-state index in [4.69, 9.17) is 0 Å². The van der Waals surface area contributed by atoms with E-state index in [2.05, 4.69) is 0 Å². The molecule has 2 aromatic rings. The predicted octanol–water partition coefficient (Wildman–Crippen LogP) is 3.47. The van der Waals surface area contributed by atoms with Crippen molar-refractivity contribution in [1.29, 1.82) is 0 Å². The fourth-order valence-electron chi connectivity index (χ4n) is 3.48. The minimum absolute atomic E-state index is 0.151. The molecule has 0 atom stereocenters. The maximum Gasteiger partial charge on any atom is 0.267 e. The van der Waals surface area contributed by atoms with Crippen LogP contribution in [0.3, 0.4) is 0 Å². The molecular weight excluding hydrogens is 348 g/mol. The average molecular weight is 368 g/mol. The van der Waals surface area contributed by atoms with Crippen LogP contribution >= 0.6 is 0 Å². The number of amides is 1. The van der Waals surface area contributed by atoms with Gasteiger partial charge in [0.15, 0.2) is 4.91 Å². The lowest BCUT2D eigenvalue weighted by atomic mass is 10.1. The van der Waals surface area contributed by atoms with Gasteiger partial charge >= 0.3 is 0 Å². The second-order valence-electron chi connectivity index (χ2n) is 6.52. The van der Waals surface area contributed by atoms with Gasteiger partial charge in [-0.3, -0.25) is 4.79 Å². The van der Waals surface area contributed by atoms with E-state index in [9.17, 15) is 13.2 Å². The summed E-state index contributed by atoms with van der Waals surface area (Å²) >= 11 is 0. The summed E-state index contributed by atoms with van der Waals surface area (Å²) < 4.78 is 26.2. The van der Waals surface area contributed by atoms with Crippen molar-refractivity contribution in [2.24, 2.45) is 0 Å². The molecule has 5 nitrogen and oxygen atoms in total. The van der Waals surface area contributed by atoms with Crippen LogP contribution in [0.15, 0.2) is 70.6 Å². The molecule has 2 aromatic carbocycles. The molecule has 0 aromatic heterocycles. The molecule has 0 radical (unpaired) electrons. The molecule has 6 heteroatoms. The number of carbonyl (C=O) groups excluding carboxylic acids is 1. The summed E-state index contributed by atoms with van der Waals surface area (Å²) in [6, 6.07) is 16.3. The number of nitrogens with zero attached hydrogens (tertiary/aromatic N) is 2. The fraction of sp³-hybridized carbons (Fsp3) is 0.250. The molecule has 2 aliphatic heterocycles. The van der Waals surface area contributed by atoms with Gasteiger partial charge in [-0.1, -0.05) is 30.3 Å². The summed E-state index contributed by atoms with van der Waals surface area (Å²) in [5, 5.41) is 0. The Labute approximate surface area is 153 Å². The first-order valence-electron chi connectivity index (χ1n) is 8.78. The van der Waals surface area contributed by atoms with Crippen molar-refractivity contribution in [2.45, 2.75) is 24.2 Å². The number of fused-ring (bicyclic) bond motifs is 1. The van der Waals surface area contributed by atoms with Gasteiger partial charge in [0, 0.05) is 25.0 Å². The quantitative estimate of drug-likeness (QED) is 0.814. The van der Waals surface area contributed by atoms with Crippen LogP contribution < -0.4 is 4.90 Å². The lowest BCUT2D eigenvalue weighted by Gasteiger charge is -2.32. The average Bonchev–Trinajstić information content (AvgIpc) is 2.69. The Morgan fingerprint density at radius 1 is 0.846 bits per heavy atom. The number of para-hydroxylation sites is 2. The molecule has 26 heavy (non-hydrogen) atoms. The lowest BCUT2D eigenvalue weighted by molar-refractivity contribution is -0.127. The van der Waals surface area contributed by atoms with Crippen molar-refractivity contribution in [3.05, 3.63) is 65.7 Å². The number of anilines is 2. The van der Waals surface area contributed by atoms with Gasteiger partial charge < -0.3 is 9.80 Å². The van der Waals surface area contributed by atoms with E-state index in [0.717, 1.165) is 24.9 Å². The highest BCUT2D eigenvalue weighted by atomic mass is 32.2. The van der Waals surface area contributed by atoms with E-state index in [1.54, 1.807) is 34.1 Å². The standard InChI is InChI=1S/C20H20N2O3S/c23-20(21-13-7-2-8-14-21)19-15-22(16-9-3-1-4-10-16)17-11-5-6-12-18(17)26(19,24)25/h1,3-6,9-12,15H,2,7-8,13-14H2. The molecule has 0 saturated carbocycles. The molecule has 0 bridgehead atoms. The van der Waals surface area contributed by atoms with Gasteiger partial charge in [-0.15, -0.1) is 0 Å². The fourth-order valence-corrected chi connectivity index (χ4v) is 5.02. The number of rotatable bonds is 2. The van der Waals surface area contributed by atoms with Gasteiger partial charge in [0.25, 0.3) is 5.91 Å². The Morgan fingerprint density at radius 3 is 2.23 bits per heavy atom. The third-order valence-corrected chi connectivity index (χ3v) is 6.62. The number of hydrogen-bond donors (Lipinski definition) is 0. The van der Waals surface area contributed by atoms with Crippen molar-refractivity contribution in [2.75, 3.05) is 18.0 Å². The molecule has 2 heterocycles. The molecule has 1 amide bonds. The largest absolute Gasteiger partial charge is 0.338 e. The van der Waals surface area contributed by atoms with Crippen LogP contribution in [-0.2, 0) is 14.6 Å². The zero-order valence-corrected chi connectivity index (χ0v) is 15.2. The Morgan fingerprint density at radius 2 is 1.50 bits per heavy atom. The smallest absolute Gasteiger partial charge is 0.267 e. The van der Waals surface area contributed by atoms with Crippen molar-refractivity contribution >= 4 is 27.1 Å². The van der Waals surface area contributed by atoms with Gasteiger partial charge in [0.2, 0.25) is 9.84 Å². The highest BCUT2D eigenvalue weighted by molar-refractivity contribution is 7.96. The number of piperidine rings is 1. The van der Waals surface area contributed by atoms with Crippen molar-refractivity contribution < 1.29 is 13.2 Å². The maximum absolute atomic E-state index is 13.1. The van der Waals surface area contributed by atoms with E-state index < -0.39 is 15.7 Å². The summed E-state index contributed by atoms with van der Waals surface area (Å²) in [5.41, 5.74) is 1.38. The van der Waals surface area contributed by atoms with Crippen molar-refractivity contribution in [1.82, 2.24) is 4.90 Å². The van der Waals surface area contributed by atoms with Crippen LogP contribution in [0.4, 0.5) is 11.4 Å². The summed E-state index contributed by atoms with van der Waals surface area (Å²) in [5.74, 6) is -0.403. The molecule has 0 N–H and O–H groups in total. The SMILES string of the molecule is O=C(C1=CN(c2ccccc2)c2ccccc2S1(=O)=O)N1CCCCC1. The van der Waals surface area contributed by atoms with Crippen LogP contribution in [0, 0.1) is 0 Å².